The van der Waals surface area contributed by atoms with E-state index in [0.29, 0.717) is 27.8 Å². The molecule has 3 aliphatic rings. The van der Waals surface area contributed by atoms with Gasteiger partial charge in [-0.05, 0) is 42.0 Å². The summed E-state index contributed by atoms with van der Waals surface area (Å²) in [6, 6.07) is 17.5. The van der Waals surface area contributed by atoms with Gasteiger partial charge in [0, 0.05) is 16.1 Å². The van der Waals surface area contributed by atoms with E-state index in [9.17, 15) is 19.2 Å². The van der Waals surface area contributed by atoms with Crippen LogP contribution < -0.4 is 14.4 Å². The Morgan fingerprint density at radius 3 is 2.03 bits per heavy atom. The van der Waals surface area contributed by atoms with Crippen molar-refractivity contribution in [1.29, 1.82) is 0 Å². The van der Waals surface area contributed by atoms with Crippen molar-refractivity contribution in [1.82, 2.24) is 0 Å². The first-order valence-corrected chi connectivity index (χ1v) is 11.9. The third-order valence-corrected chi connectivity index (χ3v) is 7.59. The highest BCUT2D eigenvalue weighted by Crippen LogP contribution is 2.58. The van der Waals surface area contributed by atoms with E-state index in [0.717, 1.165) is 4.90 Å². The van der Waals surface area contributed by atoms with Crippen molar-refractivity contribution >= 4 is 40.7 Å². The number of anilines is 1. The van der Waals surface area contributed by atoms with Crippen LogP contribution in [-0.2, 0) is 14.3 Å². The van der Waals surface area contributed by atoms with Crippen LogP contribution in [0.3, 0.4) is 0 Å². The third-order valence-electron chi connectivity index (χ3n) is 7.34. The lowest BCUT2D eigenvalue weighted by Crippen LogP contribution is -2.51. The lowest BCUT2D eigenvalue weighted by atomic mass is 9.77. The van der Waals surface area contributed by atoms with Gasteiger partial charge in [0.15, 0.2) is 11.5 Å². The smallest absolute Gasteiger partial charge is 0.241 e. The molecule has 2 fully saturated rings. The average Bonchev–Trinajstić information content (AvgIpc) is 3.49. The van der Waals surface area contributed by atoms with Gasteiger partial charge in [0.05, 0.1) is 37.8 Å². The fourth-order valence-electron chi connectivity index (χ4n) is 5.69. The molecule has 2 amide bonds. The summed E-state index contributed by atoms with van der Waals surface area (Å²) in [5.41, 5.74) is -1.04. The number of benzene rings is 3. The molecular formula is C28H20ClNO7. The fourth-order valence-corrected chi connectivity index (χ4v) is 5.82. The number of ether oxygens (including phenoxy) is 3. The second kappa shape index (κ2) is 8.26. The minimum absolute atomic E-state index is 0.171. The van der Waals surface area contributed by atoms with Crippen molar-refractivity contribution in [3.05, 3.63) is 88.4 Å². The number of methoxy groups -OCH3 is 2. The van der Waals surface area contributed by atoms with Crippen molar-refractivity contribution < 1.29 is 33.4 Å². The third kappa shape index (κ3) is 3.06. The quantitative estimate of drug-likeness (QED) is 0.380. The van der Waals surface area contributed by atoms with Crippen molar-refractivity contribution in [2.75, 3.05) is 19.1 Å². The van der Waals surface area contributed by atoms with Crippen molar-refractivity contribution in [3.63, 3.8) is 0 Å². The van der Waals surface area contributed by atoms with E-state index in [1.165, 1.54) is 26.4 Å². The predicted octanol–water partition coefficient (Wildman–Crippen LogP) is 4.05. The Hall–Kier alpha value is -4.01. The highest BCUT2D eigenvalue weighted by atomic mass is 35.5. The number of hydrogen-bond acceptors (Lipinski definition) is 7. The number of amides is 2. The van der Waals surface area contributed by atoms with Crippen LogP contribution in [0.5, 0.6) is 11.5 Å². The van der Waals surface area contributed by atoms with Gasteiger partial charge < -0.3 is 14.2 Å². The molecule has 0 aromatic heterocycles. The Morgan fingerprint density at radius 2 is 1.43 bits per heavy atom. The molecule has 2 heterocycles. The van der Waals surface area contributed by atoms with E-state index in [2.05, 4.69) is 0 Å². The van der Waals surface area contributed by atoms with E-state index in [4.69, 9.17) is 25.8 Å². The maximum absolute atomic E-state index is 13.9. The largest absolute Gasteiger partial charge is 0.493 e. The van der Waals surface area contributed by atoms with Crippen molar-refractivity contribution in [2.45, 2.75) is 11.7 Å². The zero-order valence-corrected chi connectivity index (χ0v) is 20.5. The van der Waals surface area contributed by atoms with Crippen molar-refractivity contribution in [2.24, 2.45) is 11.8 Å². The number of Topliss-reactive ketones (excluding diaryl/α,β-unsaturated/α-hetero) is 2. The lowest BCUT2D eigenvalue weighted by molar-refractivity contribution is -0.127. The van der Waals surface area contributed by atoms with Crippen LogP contribution in [0.1, 0.15) is 32.4 Å². The van der Waals surface area contributed by atoms with Gasteiger partial charge in [-0.2, -0.15) is 0 Å². The summed E-state index contributed by atoms with van der Waals surface area (Å²) in [4.78, 5) is 56.5. The molecule has 8 nitrogen and oxygen atoms in total. The molecule has 1 spiro atoms. The van der Waals surface area contributed by atoms with E-state index in [1.54, 1.807) is 54.6 Å². The van der Waals surface area contributed by atoms with Crippen LogP contribution in [-0.4, -0.2) is 43.2 Å². The molecule has 0 unspecified atom stereocenters. The minimum atomic E-state index is -2.15. The van der Waals surface area contributed by atoms with Crippen molar-refractivity contribution in [3.8, 4) is 11.5 Å². The highest BCUT2D eigenvalue weighted by molar-refractivity contribution is 6.37. The Bertz CT molecular complexity index is 1460. The molecule has 2 aliphatic heterocycles. The van der Waals surface area contributed by atoms with Crippen LogP contribution in [0.15, 0.2) is 66.7 Å². The number of halogens is 1. The number of nitrogens with zero attached hydrogens (tertiary/aromatic N) is 1. The SMILES string of the molecule is COc1ccc([C@H]2OC3(C(=O)c4ccccc4C3=O)[C@H]3C(=O)N(c4ccc(Cl)cc4)C(=O)[C@H]23)cc1OC. The topological polar surface area (TPSA) is 99.2 Å². The number of hydrogen-bond donors (Lipinski definition) is 0. The van der Waals surface area contributed by atoms with Gasteiger partial charge in [-0.3, -0.25) is 19.2 Å². The maximum Gasteiger partial charge on any atom is 0.241 e. The first-order chi connectivity index (χ1) is 17.8. The lowest BCUT2D eigenvalue weighted by Gasteiger charge is -2.27. The Kier molecular flexibility index (Phi) is 5.22. The zero-order chi connectivity index (χ0) is 26.1. The highest BCUT2D eigenvalue weighted by Gasteiger charge is 2.74. The van der Waals surface area contributed by atoms with E-state index >= 15 is 0 Å². The predicted molar refractivity (Wildman–Crippen MR) is 132 cm³/mol. The fraction of sp³-hybridized carbons (Fsp3) is 0.214. The van der Waals surface area contributed by atoms with Crippen LogP contribution in [0.4, 0.5) is 5.69 Å². The van der Waals surface area contributed by atoms with Crippen LogP contribution in [0, 0.1) is 11.8 Å². The molecule has 9 heteroatoms. The second-order valence-corrected chi connectivity index (χ2v) is 9.52. The number of carbonyl (C=O) groups is 4. The number of imide groups is 1. The summed E-state index contributed by atoms with van der Waals surface area (Å²) < 4.78 is 17.0. The van der Waals surface area contributed by atoms with Crippen LogP contribution >= 0.6 is 11.6 Å². The summed E-state index contributed by atoms with van der Waals surface area (Å²) in [5, 5.41) is 0.433. The van der Waals surface area contributed by atoms with Gasteiger partial charge in [0.1, 0.15) is 0 Å². The Labute approximate surface area is 216 Å². The molecule has 3 atom stereocenters. The summed E-state index contributed by atoms with van der Waals surface area (Å²) in [6.07, 6.45) is -1.07. The van der Waals surface area contributed by atoms with Gasteiger partial charge in [-0.15, -0.1) is 0 Å². The summed E-state index contributed by atoms with van der Waals surface area (Å²) in [5.74, 6) is -4.12. The van der Waals surface area contributed by atoms with E-state index in [-0.39, 0.29) is 11.1 Å². The Morgan fingerprint density at radius 1 is 0.811 bits per heavy atom. The molecule has 2 saturated heterocycles. The minimum Gasteiger partial charge on any atom is -0.493 e. The molecule has 37 heavy (non-hydrogen) atoms. The van der Waals surface area contributed by atoms with E-state index < -0.39 is 46.9 Å². The van der Waals surface area contributed by atoms with Crippen LogP contribution in [0.2, 0.25) is 5.02 Å². The summed E-state index contributed by atoms with van der Waals surface area (Å²) in [6.45, 7) is 0. The number of rotatable bonds is 4. The van der Waals surface area contributed by atoms with Gasteiger partial charge in [-0.1, -0.05) is 41.9 Å². The normalized spacial score (nSPS) is 23.5. The molecule has 0 N–H and O–H groups in total. The molecule has 6 rings (SSSR count). The molecule has 1 aliphatic carbocycles. The van der Waals surface area contributed by atoms with Gasteiger partial charge in [0.25, 0.3) is 0 Å². The monoisotopic (exact) mass is 517 g/mol. The standard InChI is InChI=1S/C28H20ClNO7/c1-35-19-12-7-14(13-20(19)36-2)23-21-22(27(34)30(26(21)33)16-10-8-15(29)9-11-16)28(37-23)24(31)17-5-3-4-6-18(17)25(28)32/h3-13,21-23H,1-2H3/t21-,22+,23+/m0/s1. The van der Waals surface area contributed by atoms with Gasteiger partial charge >= 0.3 is 0 Å². The van der Waals surface area contributed by atoms with Gasteiger partial charge in [-0.25, -0.2) is 4.90 Å². The molecule has 186 valence electrons. The number of ketones is 2. The molecule has 3 aromatic carbocycles. The molecule has 3 aromatic rings. The first-order valence-electron chi connectivity index (χ1n) is 11.5. The van der Waals surface area contributed by atoms with Gasteiger partial charge in [0.2, 0.25) is 29.0 Å². The summed E-state index contributed by atoms with van der Waals surface area (Å²) in [7, 11) is 2.96. The maximum atomic E-state index is 13.9. The Balaban J connectivity index is 1.54. The average molecular weight is 518 g/mol. The first kappa shape index (κ1) is 23.4. The molecule has 0 bridgehead atoms. The van der Waals surface area contributed by atoms with E-state index in [1.807, 2.05) is 0 Å². The number of fused-ring (bicyclic) bond motifs is 3. The molecule has 0 saturated carbocycles. The molecular weight excluding hydrogens is 498 g/mol. The number of carbonyl (C=O) groups excluding carboxylic acids is 4. The summed E-state index contributed by atoms with van der Waals surface area (Å²) >= 11 is 6.01. The molecule has 0 radical (unpaired) electrons. The van der Waals surface area contributed by atoms with Crippen LogP contribution in [0.25, 0.3) is 0 Å². The zero-order valence-electron chi connectivity index (χ0n) is 19.8. The second-order valence-electron chi connectivity index (χ2n) is 9.08.